The molecule has 0 saturated carbocycles. The van der Waals surface area contributed by atoms with Crippen LogP contribution >= 0.6 is 12.2 Å². The fourth-order valence-corrected chi connectivity index (χ4v) is 2.20. The monoisotopic (exact) mass is 266 g/mol. The Hall–Kier alpha value is -1.62. The summed E-state index contributed by atoms with van der Waals surface area (Å²) in [4.78, 5) is 7.28. The van der Waals surface area contributed by atoms with E-state index in [9.17, 15) is 8.78 Å². The van der Waals surface area contributed by atoms with E-state index in [1.165, 1.54) is 6.07 Å². The summed E-state index contributed by atoms with van der Waals surface area (Å²) in [5.41, 5.74) is 2.35. The molecule has 0 fully saturated rings. The van der Waals surface area contributed by atoms with E-state index in [1.54, 1.807) is 0 Å². The number of benzene rings is 1. The maximum atomic E-state index is 13.2. The summed E-state index contributed by atoms with van der Waals surface area (Å²) in [6.07, 6.45) is 0.784. The number of nitrogens with zero attached hydrogens (tertiary/aromatic N) is 1. The first-order valence-corrected chi connectivity index (χ1v) is 5.99. The van der Waals surface area contributed by atoms with Crippen LogP contribution in [0.5, 0.6) is 0 Å². The third-order valence-corrected chi connectivity index (χ3v) is 3.11. The first-order chi connectivity index (χ1) is 8.52. The van der Waals surface area contributed by atoms with Crippen LogP contribution < -0.4 is 0 Å². The van der Waals surface area contributed by atoms with Gasteiger partial charge in [0.05, 0.1) is 0 Å². The first-order valence-electron chi connectivity index (χ1n) is 5.58. The van der Waals surface area contributed by atoms with Crippen LogP contribution in [0.4, 0.5) is 8.78 Å². The molecule has 1 aromatic carbocycles. The lowest BCUT2D eigenvalue weighted by Gasteiger charge is -2.07. The van der Waals surface area contributed by atoms with Crippen molar-refractivity contribution >= 4 is 12.2 Å². The van der Waals surface area contributed by atoms with E-state index < -0.39 is 11.6 Å². The Labute approximate surface area is 109 Å². The summed E-state index contributed by atoms with van der Waals surface area (Å²) < 4.78 is 26.5. The minimum absolute atomic E-state index is 0.452. The Balaban J connectivity index is 2.58. The molecule has 0 spiro atoms. The number of nitrogens with one attached hydrogen (secondary N) is 1. The van der Waals surface area contributed by atoms with Crippen LogP contribution in [0.15, 0.2) is 18.2 Å². The zero-order valence-electron chi connectivity index (χ0n) is 10.1. The molecule has 0 radical (unpaired) electrons. The highest BCUT2D eigenvalue weighted by atomic mass is 32.1. The van der Waals surface area contributed by atoms with E-state index in [0.29, 0.717) is 16.0 Å². The Morgan fingerprint density at radius 3 is 2.56 bits per heavy atom. The molecule has 1 aromatic heterocycles. The summed E-state index contributed by atoms with van der Waals surface area (Å²) in [5, 5.41) is 0. The molecule has 2 nitrogen and oxygen atoms in total. The first kappa shape index (κ1) is 12.8. The van der Waals surface area contributed by atoms with Gasteiger partial charge < -0.3 is 4.98 Å². The largest absolute Gasteiger partial charge is 0.343 e. The molecule has 0 unspecified atom stereocenters. The van der Waals surface area contributed by atoms with Crippen molar-refractivity contribution in [3.8, 4) is 11.4 Å². The zero-order valence-corrected chi connectivity index (χ0v) is 10.9. The van der Waals surface area contributed by atoms with Crippen LogP contribution in [0.25, 0.3) is 11.4 Å². The molecule has 1 N–H and O–H groups in total. The summed E-state index contributed by atoms with van der Waals surface area (Å²) in [7, 11) is 0. The minimum Gasteiger partial charge on any atom is -0.343 e. The lowest BCUT2D eigenvalue weighted by molar-refractivity contribution is 0.509. The van der Waals surface area contributed by atoms with Gasteiger partial charge in [-0.3, -0.25) is 0 Å². The average molecular weight is 266 g/mol. The van der Waals surface area contributed by atoms with Gasteiger partial charge in [0.15, 0.2) is 11.6 Å². The van der Waals surface area contributed by atoms with Gasteiger partial charge in [0.1, 0.15) is 10.5 Å². The van der Waals surface area contributed by atoms with Crippen molar-refractivity contribution in [2.75, 3.05) is 0 Å². The second-order valence-electron chi connectivity index (χ2n) is 3.98. The molecule has 1 heterocycles. The van der Waals surface area contributed by atoms with Crippen molar-refractivity contribution in [1.29, 1.82) is 0 Å². The van der Waals surface area contributed by atoms with Crippen molar-refractivity contribution in [3.05, 3.63) is 45.7 Å². The standard InChI is InChI=1S/C13H12F2N2S/c1-3-9-7(2)16-12(17-13(9)18)8-4-5-10(14)11(15)6-8/h4-6H,3H2,1-2H3,(H,16,17,18). The third-order valence-electron chi connectivity index (χ3n) is 2.78. The maximum Gasteiger partial charge on any atom is 0.159 e. The fraction of sp³-hybridized carbons (Fsp3) is 0.231. The van der Waals surface area contributed by atoms with Gasteiger partial charge in [-0.2, -0.15) is 0 Å². The lowest BCUT2D eigenvalue weighted by Crippen LogP contribution is -1.99. The second-order valence-corrected chi connectivity index (χ2v) is 4.36. The summed E-state index contributed by atoms with van der Waals surface area (Å²) >= 11 is 5.19. The predicted octanol–water partition coefficient (Wildman–Crippen LogP) is 3.96. The third kappa shape index (κ3) is 2.31. The SMILES string of the molecule is CCc1c(C)[nH]c(-c2ccc(F)c(F)c2)nc1=S. The summed E-state index contributed by atoms with van der Waals surface area (Å²) in [5.74, 6) is -1.32. The molecule has 0 aliphatic heterocycles. The Morgan fingerprint density at radius 2 is 2.00 bits per heavy atom. The molecular weight excluding hydrogens is 254 g/mol. The van der Waals surface area contributed by atoms with E-state index in [0.717, 1.165) is 29.8 Å². The van der Waals surface area contributed by atoms with E-state index in [2.05, 4.69) is 9.97 Å². The molecule has 94 valence electrons. The molecule has 0 amide bonds. The van der Waals surface area contributed by atoms with Crippen LogP contribution in [0.2, 0.25) is 0 Å². The number of H-pyrrole nitrogens is 1. The fourth-order valence-electron chi connectivity index (χ4n) is 1.81. The van der Waals surface area contributed by atoms with Crippen LogP contribution in [0.1, 0.15) is 18.2 Å². The number of aryl methyl sites for hydroxylation is 1. The second kappa shape index (κ2) is 4.94. The van der Waals surface area contributed by atoms with Gasteiger partial charge in [0.2, 0.25) is 0 Å². The van der Waals surface area contributed by atoms with E-state index in [-0.39, 0.29) is 0 Å². The predicted molar refractivity (Wildman–Crippen MR) is 68.9 cm³/mol. The zero-order chi connectivity index (χ0) is 13.3. The molecule has 5 heteroatoms. The van der Waals surface area contributed by atoms with Crippen LogP contribution in [0.3, 0.4) is 0 Å². The summed E-state index contributed by atoms with van der Waals surface area (Å²) in [6, 6.07) is 3.65. The molecule has 0 atom stereocenters. The van der Waals surface area contributed by atoms with Crippen molar-refractivity contribution in [2.45, 2.75) is 20.3 Å². The highest BCUT2D eigenvalue weighted by molar-refractivity contribution is 7.71. The van der Waals surface area contributed by atoms with Gasteiger partial charge in [0, 0.05) is 16.8 Å². The number of aromatic amines is 1. The van der Waals surface area contributed by atoms with Crippen molar-refractivity contribution in [1.82, 2.24) is 9.97 Å². The number of hydrogen-bond donors (Lipinski definition) is 1. The molecule has 0 aliphatic rings. The molecular formula is C13H12F2N2S. The van der Waals surface area contributed by atoms with Crippen molar-refractivity contribution in [2.24, 2.45) is 0 Å². The van der Waals surface area contributed by atoms with E-state index in [4.69, 9.17) is 12.2 Å². The Kier molecular flexibility index (Phi) is 3.52. The molecule has 18 heavy (non-hydrogen) atoms. The molecule has 0 saturated heterocycles. The van der Waals surface area contributed by atoms with Crippen LogP contribution in [-0.4, -0.2) is 9.97 Å². The highest BCUT2D eigenvalue weighted by Crippen LogP contribution is 2.19. The summed E-state index contributed by atoms with van der Waals surface area (Å²) in [6.45, 7) is 3.88. The normalized spacial score (nSPS) is 10.7. The minimum atomic E-state index is -0.897. The average Bonchev–Trinajstić information content (AvgIpc) is 2.32. The van der Waals surface area contributed by atoms with Gasteiger partial charge in [-0.05, 0) is 31.5 Å². The Morgan fingerprint density at radius 1 is 1.28 bits per heavy atom. The number of rotatable bonds is 2. The number of halogens is 2. The lowest BCUT2D eigenvalue weighted by atomic mass is 10.1. The quantitative estimate of drug-likeness (QED) is 0.834. The van der Waals surface area contributed by atoms with Gasteiger partial charge in [-0.1, -0.05) is 19.1 Å². The van der Waals surface area contributed by atoms with Gasteiger partial charge in [-0.15, -0.1) is 0 Å². The van der Waals surface area contributed by atoms with Crippen molar-refractivity contribution in [3.63, 3.8) is 0 Å². The van der Waals surface area contributed by atoms with Gasteiger partial charge in [0.25, 0.3) is 0 Å². The van der Waals surface area contributed by atoms with Crippen LogP contribution in [-0.2, 0) is 6.42 Å². The van der Waals surface area contributed by atoms with Gasteiger partial charge in [-0.25, -0.2) is 13.8 Å². The maximum absolute atomic E-state index is 13.2. The van der Waals surface area contributed by atoms with Crippen molar-refractivity contribution < 1.29 is 8.78 Å². The number of aromatic nitrogens is 2. The molecule has 2 aromatic rings. The van der Waals surface area contributed by atoms with Gasteiger partial charge >= 0.3 is 0 Å². The molecule has 2 rings (SSSR count). The smallest absolute Gasteiger partial charge is 0.159 e. The number of hydrogen-bond acceptors (Lipinski definition) is 2. The van der Waals surface area contributed by atoms with E-state index in [1.807, 2.05) is 13.8 Å². The topological polar surface area (TPSA) is 28.7 Å². The highest BCUT2D eigenvalue weighted by Gasteiger charge is 2.08. The molecule has 0 aliphatic carbocycles. The Bertz CT molecular complexity index is 650. The molecule has 0 bridgehead atoms. The van der Waals surface area contributed by atoms with E-state index >= 15 is 0 Å². The van der Waals surface area contributed by atoms with Crippen LogP contribution in [0, 0.1) is 23.2 Å².